The van der Waals surface area contributed by atoms with Crippen LogP contribution < -0.4 is 5.32 Å². The quantitative estimate of drug-likeness (QED) is 0.869. The van der Waals surface area contributed by atoms with Gasteiger partial charge in [-0.3, -0.25) is 9.59 Å². The summed E-state index contributed by atoms with van der Waals surface area (Å²) in [7, 11) is 0. The lowest BCUT2D eigenvalue weighted by Gasteiger charge is -2.13. The molecule has 0 saturated carbocycles. The molecule has 104 valence electrons. The van der Waals surface area contributed by atoms with Crippen molar-refractivity contribution in [3.8, 4) is 0 Å². The van der Waals surface area contributed by atoms with Gasteiger partial charge in [-0.1, -0.05) is 13.0 Å². The Morgan fingerprint density at radius 1 is 1.32 bits per heavy atom. The zero-order chi connectivity index (χ0) is 14.6. The van der Waals surface area contributed by atoms with Gasteiger partial charge in [0.2, 0.25) is 5.91 Å². The van der Waals surface area contributed by atoms with E-state index in [1.54, 1.807) is 6.92 Å². The van der Waals surface area contributed by atoms with Crippen LogP contribution in [0.1, 0.15) is 30.9 Å². The molecule has 0 saturated heterocycles. The highest BCUT2D eigenvalue weighted by Gasteiger charge is 2.14. The average Bonchev–Trinajstić information content (AvgIpc) is 2.21. The van der Waals surface area contributed by atoms with Gasteiger partial charge in [-0.2, -0.15) is 0 Å². The summed E-state index contributed by atoms with van der Waals surface area (Å²) in [6.45, 7) is 5.66. The highest BCUT2D eigenvalue weighted by molar-refractivity contribution is 9.10. The van der Waals surface area contributed by atoms with Gasteiger partial charge in [0.15, 0.2) is 0 Å². The molecular weight excluding hydrogens is 310 g/mol. The van der Waals surface area contributed by atoms with E-state index in [1.807, 2.05) is 26.0 Å². The summed E-state index contributed by atoms with van der Waals surface area (Å²) in [5.74, 6) is -1.23. The number of carbonyl (C=O) groups is 2. The fourth-order valence-corrected chi connectivity index (χ4v) is 2.72. The molecule has 4 nitrogen and oxygen atoms in total. The van der Waals surface area contributed by atoms with E-state index in [1.165, 1.54) is 0 Å². The fourth-order valence-electron chi connectivity index (χ4n) is 1.95. The summed E-state index contributed by atoms with van der Waals surface area (Å²) < 4.78 is 0.837. The Hall–Kier alpha value is -1.36. The minimum Gasteiger partial charge on any atom is -0.481 e. The van der Waals surface area contributed by atoms with Crippen LogP contribution in [0, 0.1) is 19.8 Å². The number of carboxylic acids is 1. The molecule has 0 spiro atoms. The van der Waals surface area contributed by atoms with Crippen LogP contribution in [-0.4, -0.2) is 17.0 Å². The predicted molar refractivity (Wildman–Crippen MR) is 78.3 cm³/mol. The molecule has 5 heteroatoms. The van der Waals surface area contributed by atoms with Gasteiger partial charge in [0, 0.05) is 17.3 Å². The third kappa shape index (κ3) is 5.03. The van der Waals surface area contributed by atoms with Crippen molar-refractivity contribution >= 4 is 33.5 Å². The number of aryl methyl sites for hydroxylation is 2. The molecule has 0 aliphatic rings. The number of benzene rings is 1. The first-order valence-electron chi connectivity index (χ1n) is 6.08. The van der Waals surface area contributed by atoms with Crippen LogP contribution in [0.25, 0.3) is 0 Å². The first-order chi connectivity index (χ1) is 8.79. The molecule has 19 heavy (non-hydrogen) atoms. The van der Waals surface area contributed by atoms with Gasteiger partial charge in [-0.15, -0.1) is 0 Å². The van der Waals surface area contributed by atoms with Crippen molar-refractivity contribution in [2.45, 2.75) is 33.6 Å². The monoisotopic (exact) mass is 327 g/mol. The lowest BCUT2D eigenvalue weighted by atomic mass is 10.0. The van der Waals surface area contributed by atoms with Crippen LogP contribution in [-0.2, 0) is 9.59 Å². The molecule has 1 rings (SSSR count). The summed E-state index contributed by atoms with van der Waals surface area (Å²) >= 11 is 3.42. The standard InChI is InChI=1S/C14H18BrNO3/c1-8-4-10(3)14(11(15)5-8)16-12(17)6-9(2)7-13(18)19/h4-5,9H,6-7H2,1-3H3,(H,16,17)(H,18,19). The minimum absolute atomic E-state index is 0.00146. The SMILES string of the molecule is Cc1cc(C)c(NC(=O)CC(C)CC(=O)O)c(Br)c1. The summed E-state index contributed by atoms with van der Waals surface area (Å²) in [4.78, 5) is 22.4. The maximum Gasteiger partial charge on any atom is 0.303 e. The van der Waals surface area contributed by atoms with Crippen molar-refractivity contribution in [2.75, 3.05) is 5.32 Å². The van der Waals surface area contributed by atoms with Gasteiger partial charge >= 0.3 is 5.97 Å². The number of carboxylic acid groups (broad SMARTS) is 1. The Labute approximate surface area is 121 Å². The number of hydrogen-bond acceptors (Lipinski definition) is 2. The number of aliphatic carboxylic acids is 1. The van der Waals surface area contributed by atoms with Crippen molar-refractivity contribution in [3.05, 3.63) is 27.7 Å². The summed E-state index contributed by atoms with van der Waals surface area (Å²) in [5.41, 5.74) is 2.84. The third-order valence-electron chi connectivity index (χ3n) is 2.75. The van der Waals surface area contributed by atoms with Crippen LogP contribution in [0.4, 0.5) is 5.69 Å². The highest BCUT2D eigenvalue weighted by atomic mass is 79.9. The third-order valence-corrected chi connectivity index (χ3v) is 3.38. The number of rotatable bonds is 5. The predicted octanol–water partition coefficient (Wildman–Crippen LogP) is 3.51. The molecule has 0 heterocycles. The van der Waals surface area contributed by atoms with Crippen LogP contribution in [0.15, 0.2) is 16.6 Å². The Morgan fingerprint density at radius 2 is 1.95 bits per heavy atom. The smallest absolute Gasteiger partial charge is 0.303 e. The molecule has 0 bridgehead atoms. The number of carbonyl (C=O) groups excluding carboxylic acids is 1. The van der Waals surface area contributed by atoms with E-state index in [0.717, 1.165) is 21.3 Å². The van der Waals surface area contributed by atoms with E-state index in [9.17, 15) is 9.59 Å². The highest BCUT2D eigenvalue weighted by Crippen LogP contribution is 2.28. The molecule has 1 aromatic rings. The molecule has 1 amide bonds. The largest absolute Gasteiger partial charge is 0.481 e. The van der Waals surface area contributed by atoms with Gasteiger partial charge in [0.25, 0.3) is 0 Å². The first-order valence-corrected chi connectivity index (χ1v) is 6.87. The molecule has 0 aromatic heterocycles. The number of anilines is 1. The maximum atomic E-state index is 11.9. The zero-order valence-electron chi connectivity index (χ0n) is 11.3. The Kier molecular flexibility index (Phi) is 5.54. The number of hydrogen-bond donors (Lipinski definition) is 2. The molecule has 0 aliphatic carbocycles. The second kappa shape index (κ2) is 6.70. The van der Waals surface area contributed by atoms with Crippen molar-refractivity contribution in [1.82, 2.24) is 0 Å². The number of amides is 1. The van der Waals surface area contributed by atoms with Crippen molar-refractivity contribution in [2.24, 2.45) is 5.92 Å². The molecule has 1 atom stereocenters. The average molecular weight is 328 g/mol. The molecule has 1 aromatic carbocycles. The summed E-state index contributed by atoms with van der Waals surface area (Å²) in [6, 6.07) is 3.92. The molecule has 0 radical (unpaired) electrons. The topological polar surface area (TPSA) is 66.4 Å². The Morgan fingerprint density at radius 3 is 2.47 bits per heavy atom. The zero-order valence-corrected chi connectivity index (χ0v) is 12.9. The Balaban J connectivity index is 2.70. The second-order valence-corrected chi connectivity index (χ2v) is 5.75. The van der Waals surface area contributed by atoms with Gasteiger partial charge in [0.1, 0.15) is 0 Å². The van der Waals surface area contributed by atoms with Crippen LogP contribution in [0.5, 0.6) is 0 Å². The normalized spacial score (nSPS) is 12.0. The van der Waals surface area contributed by atoms with Crippen molar-refractivity contribution in [3.63, 3.8) is 0 Å². The summed E-state index contributed by atoms with van der Waals surface area (Å²) in [6.07, 6.45) is 0.202. The van der Waals surface area contributed by atoms with Crippen LogP contribution in [0.2, 0.25) is 0 Å². The number of nitrogens with one attached hydrogen (secondary N) is 1. The maximum absolute atomic E-state index is 11.9. The Bertz CT molecular complexity index is 476. The first kappa shape index (κ1) is 15.7. The van der Waals surface area contributed by atoms with Crippen LogP contribution >= 0.6 is 15.9 Å². The minimum atomic E-state index is -0.881. The van der Waals surface area contributed by atoms with E-state index >= 15 is 0 Å². The molecule has 1 unspecified atom stereocenters. The summed E-state index contributed by atoms with van der Waals surface area (Å²) in [5, 5.41) is 11.5. The lowest BCUT2D eigenvalue weighted by molar-refractivity contribution is -0.138. The van der Waals surface area contributed by atoms with Gasteiger partial charge in [0.05, 0.1) is 5.69 Å². The van der Waals surface area contributed by atoms with E-state index in [0.29, 0.717) is 0 Å². The van der Waals surface area contributed by atoms with Crippen molar-refractivity contribution < 1.29 is 14.7 Å². The fraction of sp³-hybridized carbons (Fsp3) is 0.429. The van der Waals surface area contributed by atoms with Crippen molar-refractivity contribution in [1.29, 1.82) is 0 Å². The molecule has 0 fully saturated rings. The molecule has 2 N–H and O–H groups in total. The second-order valence-electron chi connectivity index (χ2n) is 4.89. The molecular formula is C14H18BrNO3. The van der Waals surface area contributed by atoms with E-state index in [-0.39, 0.29) is 24.7 Å². The number of halogens is 1. The van der Waals surface area contributed by atoms with Crippen LogP contribution in [0.3, 0.4) is 0 Å². The van der Waals surface area contributed by atoms with Gasteiger partial charge < -0.3 is 10.4 Å². The van der Waals surface area contributed by atoms with Gasteiger partial charge in [-0.05, 0) is 52.9 Å². The van der Waals surface area contributed by atoms with E-state index in [2.05, 4.69) is 21.2 Å². The van der Waals surface area contributed by atoms with E-state index in [4.69, 9.17) is 5.11 Å². The molecule has 0 aliphatic heterocycles. The lowest BCUT2D eigenvalue weighted by Crippen LogP contribution is -2.17. The van der Waals surface area contributed by atoms with E-state index < -0.39 is 5.97 Å². The van der Waals surface area contributed by atoms with Gasteiger partial charge in [-0.25, -0.2) is 0 Å².